The van der Waals surface area contributed by atoms with E-state index in [2.05, 4.69) is 0 Å². The van der Waals surface area contributed by atoms with Crippen LogP contribution >= 0.6 is 11.6 Å². The van der Waals surface area contributed by atoms with Gasteiger partial charge in [0.2, 0.25) is 5.43 Å². The molecule has 0 radical (unpaired) electrons. The van der Waals surface area contributed by atoms with Crippen LogP contribution in [0, 0.1) is 6.92 Å². The Bertz CT molecular complexity index is 836. The summed E-state index contributed by atoms with van der Waals surface area (Å²) in [5.74, 6) is 0. The number of benzene rings is 2. The zero-order chi connectivity index (χ0) is 12.9. The Labute approximate surface area is 108 Å². The Morgan fingerprint density at radius 1 is 1.17 bits per heavy atom. The molecular formula is C14H10ClNO2. The highest BCUT2D eigenvalue weighted by molar-refractivity contribution is 6.35. The van der Waals surface area contributed by atoms with Gasteiger partial charge in [0, 0.05) is 5.69 Å². The standard InChI is InChI=1S/C14H10ClNO2/c1-7-2-3-9-12(4-7)18-14-10(13(9)17)5-8(16)6-11(14)15/h2-6H,16H2,1H3. The van der Waals surface area contributed by atoms with Gasteiger partial charge in [-0.1, -0.05) is 17.7 Å². The molecule has 0 aliphatic rings. The number of fused-ring (bicyclic) bond motifs is 2. The van der Waals surface area contributed by atoms with Gasteiger partial charge in [-0.25, -0.2) is 0 Å². The molecule has 90 valence electrons. The van der Waals surface area contributed by atoms with Crippen molar-refractivity contribution in [2.45, 2.75) is 6.92 Å². The van der Waals surface area contributed by atoms with Gasteiger partial charge in [-0.3, -0.25) is 4.79 Å². The molecule has 2 N–H and O–H groups in total. The summed E-state index contributed by atoms with van der Waals surface area (Å²) in [4.78, 5) is 12.3. The molecule has 0 unspecified atom stereocenters. The van der Waals surface area contributed by atoms with Crippen molar-refractivity contribution in [1.82, 2.24) is 0 Å². The minimum Gasteiger partial charge on any atom is -0.454 e. The van der Waals surface area contributed by atoms with Crippen LogP contribution < -0.4 is 11.2 Å². The van der Waals surface area contributed by atoms with Crippen LogP contribution in [0.2, 0.25) is 5.02 Å². The summed E-state index contributed by atoms with van der Waals surface area (Å²) in [6.07, 6.45) is 0. The molecule has 3 aromatic rings. The van der Waals surface area contributed by atoms with E-state index >= 15 is 0 Å². The van der Waals surface area contributed by atoms with Crippen molar-refractivity contribution < 1.29 is 4.42 Å². The number of rotatable bonds is 0. The molecule has 0 aliphatic carbocycles. The molecule has 2 aromatic carbocycles. The number of hydrogen-bond acceptors (Lipinski definition) is 3. The van der Waals surface area contributed by atoms with E-state index in [-0.39, 0.29) is 5.43 Å². The Morgan fingerprint density at radius 3 is 2.72 bits per heavy atom. The van der Waals surface area contributed by atoms with Crippen molar-refractivity contribution >= 4 is 39.2 Å². The molecule has 4 heteroatoms. The Kier molecular flexibility index (Phi) is 2.31. The number of hydrogen-bond donors (Lipinski definition) is 1. The van der Waals surface area contributed by atoms with Gasteiger partial charge in [0.05, 0.1) is 15.8 Å². The van der Waals surface area contributed by atoms with Crippen molar-refractivity contribution in [2.75, 3.05) is 5.73 Å². The molecule has 0 saturated heterocycles. The third-order valence-corrected chi connectivity index (χ3v) is 3.19. The third kappa shape index (κ3) is 1.56. The normalized spacial score (nSPS) is 11.2. The monoisotopic (exact) mass is 259 g/mol. The van der Waals surface area contributed by atoms with Crippen LogP contribution in [-0.4, -0.2) is 0 Å². The molecule has 0 amide bonds. The van der Waals surface area contributed by atoms with Crippen molar-refractivity contribution in [3.8, 4) is 0 Å². The summed E-state index contributed by atoms with van der Waals surface area (Å²) >= 11 is 6.06. The van der Waals surface area contributed by atoms with Crippen molar-refractivity contribution in [3.05, 3.63) is 51.1 Å². The zero-order valence-corrected chi connectivity index (χ0v) is 10.4. The molecule has 18 heavy (non-hydrogen) atoms. The molecule has 0 aliphatic heterocycles. The van der Waals surface area contributed by atoms with Gasteiger partial charge in [-0.05, 0) is 36.8 Å². The van der Waals surface area contributed by atoms with E-state index in [1.54, 1.807) is 18.2 Å². The van der Waals surface area contributed by atoms with E-state index in [1.807, 2.05) is 19.1 Å². The molecule has 3 rings (SSSR count). The second-order valence-corrected chi connectivity index (χ2v) is 4.72. The number of nitrogens with two attached hydrogens (primary N) is 1. The number of anilines is 1. The zero-order valence-electron chi connectivity index (χ0n) is 9.66. The van der Waals surface area contributed by atoms with E-state index in [0.29, 0.717) is 32.6 Å². The summed E-state index contributed by atoms with van der Waals surface area (Å²) in [6.45, 7) is 1.94. The fourth-order valence-electron chi connectivity index (χ4n) is 2.04. The first-order valence-corrected chi connectivity index (χ1v) is 5.86. The maximum atomic E-state index is 12.3. The van der Waals surface area contributed by atoms with Gasteiger partial charge in [0.1, 0.15) is 5.58 Å². The number of aryl methyl sites for hydroxylation is 1. The Hall–Kier alpha value is -2.00. The Balaban J connectivity index is 2.61. The second-order valence-electron chi connectivity index (χ2n) is 4.31. The third-order valence-electron chi connectivity index (χ3n) is 2.90. The fraction of sp³-hybridized carbons (Fsp3) is 0.0714. The van der Waals surface area contributed by atoms with Crippen LogP contribution in [0.15, 0.2) is 39.5 Å². The lowest BCUT2D eigenvalue weighted by Gasteiger charge is -2.04. The summed E-state index contributed by atoms with van der Waals surface area (Å²) in [7, 11) is 0. The van der Waals surface area contributed by atoms with E-state index in [0.717, 1.165) is 5.56 Å². The highest BCUT2D eigenvalue weighted by Crippen LogP contribution is 2.27. The highest BCUT2D eigenvalue weighted by atomic mass is 35.5. The van der Waals surface area contributed by atoms with Crippen LogP contribution in [0.1, 0.15) is 5.56 Å². The predicted octanol–water partition coefficient (Wildman–Crippen LogP) is 3.49. The lowest BCUT2D eigenvalue weighted by Crippen LogP contribution is -2.03. The van der Waals surface area contributed by atoms with Gasteiger partial charge in [-0.2, -0.15) is 0 Å². The lowest BCUT2D eigenvalue weighted by molar-refractivity contribution is 0.660. The minimum atomic E-state index is -0.111. The summed E-state index contributed by atoms with van der Waals surface area (Å²) < 4.78 is 5.71. The quantitative estimate of drug-likeness (QED) is 0.497. The lowest BCUT2D eigenvalue weighted by atomic mass is 10.1. The van der Waals surface area contributed by atoms with Gasteiger partial charge in [0.15, 0.2) is 5.58 Å². The van der Waals surface area contributed by atoms with Gasteiger partial charge in [0.25, 0.3) is 0 Å². The van der Waals surface area contributed by atoms with Crippen LogP contribution in [0.25, 0.3) is 21.9 Å². The molecule has 0 spiro atoms. The van der Waals surface area contributed by atoms with Crippen LogP contribution in [0.4, 0.5) is 5.69 Å². The maximum absolute atomic E-state index is 12.3. The number of halogens is 1. The van der Waals surface area contributed by atoms with Gasteiger partial charge in [-0.15, -0.1) is 0 Å². The average Bonchev–Trinajstić information content (AvgIpc) is 2.31. The van der Waals surface area contributed by atoms with Crippen molar-refractivity contribution in [2.24, 2.45) is 0 Å². The molecule has 0 atom stereocenters. The smallest absolute Gasteiger partial charge is 0.200 e. The SMILES string of the molecule is Cc1ccc2c(=O)c3cc(N)cc(Cl)c3oc2c1. The molecule has 3 nitrogen and oxygen atoms in total. The van der Waals surface area contributed by atoms with Crippen molar-refractivity contribution in [3.63, 3.8) is 0 Å². The summed E-state index contributed by atoms with van der Waals surface area (Å²) in [6, 6.07) is 8.62. The molecular weight excluding hydrogens is 250 g/mol. The number of nitrogen functional groups attached to an aromatic ring is 1. The van der Waals surface area contributed by atoms with Crippen LogP contribution in [0.3, 0.4) is 0 Å². The first kappa shape index (κ1) is 11.1. The van der Waals surface area contributed by atoms with Crippen molar-refractivity contribution in [1.29, 1.82) is 0 Å². The second kappa shape index (κ2) is 3.75. The first-order chi connectivity index (χ1) is 8.56. The largest absolute Gasteiger partial charge is 0.454 e. The predicted molar refractivity (Wildman–Crippen MR) is 74.1 cm³/mol. The fourth-order valence-corrected chi connectivity index (χ4v) is 2.31. The van der Waals surface area contributed by atoms with Crippen LogP contribution in [0.5, 0.6) is 0 Å². The molecule has 0 bridgehead atoms. The van der Waals surface area contributed by atoms with E-state index in [9.17, 15) is 4.79 Å². The summed E-state index contributed by atoms with van der Waals surface area (Å²) in [5, 5.41) is 1.30. The summed E-state index contributed by atoms with van der Waals surface area (Å²) in [5.41, 5.74) is 7.99. The molecule has 1 heterocycles. The minimum absolute atomic E-state index is 0.111. The highest BCUT2D eigenvalue weighted by Gasteiger charge is 2.11. The Morgan fingerprint density at radius 2 is 1.94 bits per heavy atom. The topological polar surface area (TPSA) is 56.2 Å². The van der Waals surface area contributed by atoms with E-state index in [1.165, 1.54) is 0 Å². The van der Waals surface area contributed by atoms with Gasteiger partial charge < -0.3 is 10.2 Å². The molecule has 0 fully saturated rings. The van der Waals surface area contributed by atoms with E-state index < -0.39 is 0 Å². The first-order valence-electron chi connectivity index (χ1n) is 5.48. The van der Waals surface area contributed by atoms with E-state index in [4.69, 9.17) is 21.8 Å². The molecule has 1 aromatic heterocycles. The maximum Gasteiger partial charge on any atom is 0.200 e. The average molecular weight is 260 g/mol. The van der Waals surface area contributed by atoms with Crippen LogP contribution in [-0.2, 0) is 0 Å². The van der Waals surface area contributed by atoms with Gasteiger partial charge >= 0.3 is 0 Å². The molecule has 0 saturated carbocycles.